The molecule has 1 N–H and O–H groups in total. The van der Waals surface area contributed by atoms with Crippen LogP contribution in [0.1, 0.15) is 0 Å². The van der Waals surface area contributed by atoms with Gasteiger partial charge in [0.25, 0.3) is 0 Å². The Bertz CT molecular complexity index is 698. The van der Waals surface area contributed by atoms with Crippen LogP contribution in [0.15, 0.2) is 35.6 Å². The van der Waals surface area contributed by atoms with Crippen LogP contribution in [-0.2, 0) is 0 Å². The quantitative estimate of drug-likeness (QED) is 0.674. The molecule has 1 aromatic heterocycles. The third-order valence-electron chi connectivity index (χ3n) is 3.52. The van der Waals surface area contributed by atoms with Gasteiger partial charge >= 0.3 is 0 Å². The number of anilines is 1. The number of fused-ring (bicyclic) bond motifs is 1. The highest BCUT2D eigenvalue weighted by molar-refractivity contribution is 6.31. The molecule has 1 aliphatic rings. The molecule has 0 bridgehead atoms. The van der Waals surface area contributed by atoms with E-state index in [1.54, 1.807) is 6.20 Å². The average molecular weight is 326 g/mol. The minimum Gasteiger partial charge on any atom is -0.309 e. The van der Waals surface area contributed by atoms with Gasteiger partial charge in [-0.25, -0.2) is 0 Å². The summed E-state index contributed by atoms with van der Waals surface area (Å²) in [5.74, 6) is 2.37. The van der Waals surface area contributed by atoms with Crippen LogP contribution in [0.3, 0.4) is 0 Å². The van der Waals surface area contributed by atoms with Crippen LogP contribution in [-0.4, -0.2) is 36.7 Å². The van der Waals surface area contributed by atoms with E-state index in [2.05, 4.69) is 47.3 Å². The number of nitrogens with one attached hydrogen (secondary N) is 1. The van der Waals surface area contributed by atoms with Gasteiger partial charge in [0.2, 0.25) is 0 Å². The number of hydrogen-bond acceptors (Lipinski definition) is 4. The Morgan fingerprint density at radius 3 is 2.96 bits per heavy atom. The van der Waals surface area contributed by atoms with Crippen molar-refractivity contribution in [1.29, 1.82) is 0 Å². The molecule has 0 atom stereocenters. The van der Waals surface area contributed by atoms with Crippen molar-refractivity contribution in [2.24, 2.45) is 5.10 Å². The third-order valence-corrected chi connectivity index (χ3v) is 3.76. The largest absolute Gasteiger partial charge is 0.309 e. The van der Waals surface area contributed by atoms with Gasteiger partial charge < -0.3 is 4.90 Å². The predicted octanol–water partition coefficient (Wildman–Crippen LogP) is 3.62. The van der Waals surface area contributed by atoms with Crippen LogP contribution in [0.5, 0.6) is 0 Å². The Hall–Kier alpha value is -1.65. The van der Waals surface area contributed by atoms with E-state index in [-0.39, 0.29) is 0 Å². The summed E-state index contributed by atoms with van der Waals surface area (Å²) in [6.07, 6.45) is 9.82. The summed E-state index contributed by atoms with van der Waals surface area (Å²) in [6, 6.07) is 7.55. The zero-order chi connectivity index (χ0) is 16.2. The lowest BCUT2D eigenvalue weighted by Gasteiger charge is -2.18. The molecule has 3 rings (SSSR count). The Labute approximate surface area is 142 Å². The monoisotopic (exact) mass is 325 g/mol. The van der Waals surface area contributed by atoms with Crippen molar-refractivity contribution < 1.29 is 0 Å². The fourth-order valence-corrected chi connectivity index (χ4v) is 2.64. The first kappa shape index (κ1) is 16.2. The summed E-state index contributed by atoms with van der Waals surface area (Å²) in [6.45, 7) is 0.894. The van der Waals surface area contributed by atoms with Gasteiger partial charge in [-0.2, -0.15) is 5.10 Å². The molecule has 5 heteroatoms. The highest BCUT2D eigenvalue weighted by Crippen LogP contribution is 2.32. The van der Waals surface area contributed by atoms with Gasteiger partial charge in [-0.15, -0.1) is 0 Å². The molecule has 1 saturated carbocycles. The maximum absolute atomic E-state index is 6.01. The first-order chi connectivity index (χ1) is 11.1. The first-order valence-electron chi connectivity index (χ1n) is 7.36. The smallest absolute Gasteiger partial charge is 0.0738 e. The molecule has 117 valence electrons. The maximum Gasteiger partial charge on any atom is 0.0738 e. The molecule has 1 fully saturated rings. The third kappa shape index (κ3) is 4.01. The number of benzene rings is 1. The lowest BCUT2D eigenvalue weighted by atomic mass is 9.97. The average Bonchev–Trinajstić information content (AvgIpc) is 2.93. The normalized spacial score (nSPS) is 16.9. The first-order valence-corrected chi connectivity index (χ1v) is 7.74. The number of halogens is 1. The lowest BCUT2D eigenvalue weighted by molar-refractivity contribution is 0.430. The standard InChI is InChI=1S/C18H18ClN4/c1-23(2)12-14-5-3-4-13(14)11-21-22-17-8-9-20-18-10-15(19)6-7-16(17)18/h3-11H,12H2,1-2H3,(H,20,22)/b21-11+. The highest BCUT2D eigenvalue weighted by Gasteiger charge is 2.28. The molecule has 5 radical (unpaired) electrons. The van der Waals surface area contributed by atoms with Gasteiger partial charge in [0.05, 0.1) is 11.2 Å². The molecule has 0 saturated heterocycles. The van der Waals surface area contributed by atoms with Crippen molar-refractivity contribution in [2.45, 2.75) is 0 Å². The SMILES string of the molecule is CN(C)C[C]1[CH][CH][CH][C]1/C=N/Nc1ccnc2cc(Cl)ccc12. The van der Waals surface area contributed by atoms with E-state index in [0.29, 0.717) is 5.02 Å². The minimum absolute atomic E-state index is 0.677. The van der Waals surface area contributed by atoms with Gasteiger partial charge in [-0.1, -0.05) is 11.6 Å². The van der Waals surface area contributed by atoms with E-state index in [0.717, 1.165) is 29.1 Å². The fraction of sp³-hybridized carbons (Fsp3) is 0.167. The van der Waals surface area contributed by atoms with Crippen LogP contribution in [0.4, 0.5) is 5.69 Å². The van der Waals surface area contributed by atoms with Crippen molar-refractivity contribution in [3.05, 3.63) is 66.6 Å². The second-order valence-corrected chi connectivity index (χ2v) is 6.07. The molecular formula is C18H18ClN4. The molecule has 0 unspecified atom stereocenters. The summed E-state index contributed by atoms with van der Waals surface area (Å²) in [5.41, 5.74) is 4.85. The van der Waals surface area contributed by atoms with Gasteiger partial charge in [-0.3, -0.25) is 10.4 Å². The van der Waals surface area contributed by atoms with Crippen LogP contribution >= 0.6 is 11.6 Å². The Morgan fingerprint density at radius 1 is 1.26 bits per heavy atom. The molecule has 1 aromatic carbocycles. The molecule has 4 nitrogen and oxygen atoms in total. The van der Waals surface area contributed by atoms with E-state index >= 15 is 0 Å². The lowest BCUT2D eigenvalue weighted by Crippen LogP contribution is -2.22. The zero-order valence-electron chi connectivity index (χ0n) is 13.1. The number of hydrazone groups is 1. The molecule has 1 heterocycles. The van der Waals surface area contributed by atoms with Crippen molar-refractivity contribution in [2.75, 3.05) is 26.1 Å². The summed E-state index contributed by atoms with van der Waals surface area (Å²) in [4.78, 5) is 6.46. The van der Waals surface area contributed by atoms with Crippen molar-refractivity contribution >= 4 is 34.4 Å². The molecule has 2 aromatic rings. The van der Waals surface area contributed by atoms with Crippen molar-refractivity contribution in [3.63, 3.8) is 0 Å². The fourth-order valence-electron chi connectivity index (χ4n) is 2.47. The summed E-state index contributed by atoms with van der Waals surface area (Å²) in [7, 11) is 4.11. The zero-order valence-corrected chi connectivity index (χ0v) is 13.9. The second-order valence-electron chi connectivity index (χ2n) is 5.63. The van der Waals surface area contributed by atoms with E-state index in [1.165, 1.54) is 5.92 Å². The van der Waals surface area contributed by atoms with Crippen LogP contribution in [0, 0.1) is 31.1 Å². The number of pyridine rings is 1. The van der Waals surface area contributed by atoms with Crippen LogP contribution < -0.4 is 5.43 Å². The number of aromatic nitrogens is 1. The van der Waals surface area contributed by atoms with Gasteiger partial charge in [0.1, 0.15) is 0 Å². The topological polar surface area (TPSA) is 40.5 Å². The number of nitrogens with zero attached hydrogens (tertiary/aromatic N) is 3. The number of hydrogen-bond donors (Lipinski definition) is 1. The molecule has 1 aliphatic carbocycles. The molecule has 0 spiro atoms. The molecule has 0 aliphatic heterocycles. The van der Waals surface area contributed by atoms with Crippen molar-refractivity contribution in [3.8, 4) is 0 Å². The van der Waals surface area contributed by atoms with E-state index in [4.69, 9.17) is 11.6 Å². The minimum atomic E-state index is 0.677. The summed E-state index contributed by atoms with van der Waals surface area (Å²) < 4.78 is 0. The molecule has 23 heavy (non-hydrogen) atoms. The van der Waals surface area contributed by atoms with E-state index in [1.807, 2.05) is 36.9 Å². The predicted molar refractivity (Wildman–Crippen MR) is 96.8 cm³/mol. The maximum atomic E-state index is 6.01. The van der Waals surface area contributed by atoms with Crippen molar-refractivity contribution in [1.82, 2.24) is 9.88 Å². The van der Waals surface area contributed by atoms with Gasteiger partial charge in [0, 0.05) is 41.2 Å². The Balaban J connectivity index is 1.70. The summed E-state index contributed by atoms with van der Waals surface area (Å²) >= 11 is 6.01. The van der Waals surface area contributed by atoms with E-state index in [9.17, 15) is 0 Å². The molecular weight excluding hydrogens is 308 g/mol. The number of rotatable bonds is 5. The highest BCUT2D eigenvalue weighted by atomic mass is 35.5. The van der Waals surface area contributed by atoms with E-state index < -0.39 is 0 Å². The van der Waals surface area contributed by atoms with Gasteiger partial charge in [-0.05, 0) is 57.6 Å². The van der Waals surface area contributed by atoms with Gasteiger partial charge in [0.15, 0.2) is 0 Å². The Morgan fingerprint density at radius 2 is 2.13 bits per heavy atom. The second kappa shape index (κ2) is 7.28. The van der Waals surface area contributed by atoms with Crippen LogP contribution in [0.25, 0.3) is 10.9 Å². The Kier molecular flexibility index (Phi) is 5.13. The van der Waals surface area contributed by atoms with Crippen LogP contribution in [0.2, 0.25) is 5.02 Å². The molecule has 0 amide bonds. The summed E-state index contributed by atoms with van der Waals surface area (Å²) in [5, 5.41) is 6.04.